The highest BCUT2D eigenvalue weighted by atomic mass is 35.5. The first-order valence-electron chi connectivity index (χ1n) is 10.3. The Hall–Kier alpha value is -3.44. The van der Waals surface area contributed by atoms with Gasteiger partial charge in [0.2, 0.25) is 5.91 Å². The molecule has 6 heteroatoms. The number of amides is 1. The molecule has 0 radical (unpaired) electrons. The number of carbonyl (C=O) groups excluding carboxylic acids is 3. The van der Waals surface area contributed by atoms with Crippen molar-refractivity contribution in [3.63, 3.8) is 0 Å². The Labute approximate surface area is 190 Å². The van der Waals surface area contributed by atoms with Crippen LogP contribution in [0.2, 0.25) is 5.02 Å². The average Bonchev–Trinajstić information content (AvgIpc) is 3.48. The second-order valence-electron chi connectivity index (χ2n) is 8.17. The van der Waals surface area contributed by atoms with Crippen LogP contribution in [-0.2, 0) is 10.2 Å². The molecule has 1 heterocycles. The first-order chi connectivity index (χ1) is 15.4. The van der Waals surface area contributed by atoms with Gasteiger partial charge in [-0.2, -0.15) is 0 Å². The van der Waals surface area contributed by atoms with Gasteiger partial charge in [-0.15, -0.1) is 0 Å². The second kappa shape index (κ2) is 7.31. The van der Waals surface area contributed by atoms with Crippen molar-refractivity contribution in [1.29, 1.82) is 0 Å². The highest BCUT2D eigenvalue weighted by molar-refractivity contribution is 6.30. The molecule has 32 heavy (non-hydrogen) atoms. The fourth-order valence-electron chi connectivity index (χ4n) is 5.05. The van der Waals surface area contributed by atoms with Crippen LogP contribution >= 0.6 is 11.6 Å². The van der Waals surface area contributed by atoms with Crippen molar-refractivity contribution in [3.8, 4) is 5.75 Å². The second-order valence-corrected chi connectivity index (χ2v) is 8.61. The smallest absolute Gasteiger partial charge is 0.239 e. The maximum absolute atomic E-state index is 13.6. The third-order valence-electron chi connectivity index (χ3n) is 6.64. The molecule has 0 aromatic heterocycles. The molecule has 0 N–H and O–H groups in total. The number of carbonyl (C=O) groups is 3. The van der Waals surface area contributed by atoms with E-state index in [9.17, 15) is 14.4 Å². The van der Waals surface area contributed by atoms with Crippen LogP contribution in [0.3, 0.4) is 0 Å². The van der Waals surface area contributed by atoms with Crippen LogP contribution in [-0.4, -0.2) is 31.6 Å². The van der Waals surface area contributed by atoms with E-state index in [2.05, 4.69) is 0 Å². The molecular formula is C26H20ClNO4. The lowest BCUT2D eigenvalue weighted by atomic mass is 9.90. The first kappa shape index (κ1) is 20.5. The van der Waals surface area contributed by atoms with Crippen LogP contribution in [0.25, 0.3) is 0 Å². The Morgan fingerprint density at radius 2 is 1.41 bits per heavy atom. The van der Waals surface area contributed by atoms with Gasteiger partial charge >= 0.3 is 0 Å². The van der Waals surface area contributed by atoms with Crippen molar-refractivity contribution in [3.05, 3.63) is 94.5 Å². The number of anilines is 1. The van der Waals surface area contributed by atoms with E-state index >= 15 is 0 Å². The number of benzene rings is 3. The molecule has 5 nitrogen and oxygen atoms in total. The summed E-state index contributed by atoms with van der Waals surface area (Å²) in [6.45, 7) is 0. The normalized spacial score (nSPS) is 23.2. The maximum Gasteiger partial charge on any atom is 0.239 e. The Bertz CT molecular complexity index is 1250. The molecular weight excluding hydrogens is 426 g/mol. The number of ether oxygens (including phenoxy) is 1. The van der Waals surface area contributed by atoms with Crippen LogP contribution in [0.4, 0.5) is 5.69 Å². The van der Waals surface area contributed by atoms with Gasteiger partial charge < -0.3 is 9.64 Å². The van der Waals surface area contributed by atoms with Crippen LogP contribution in [0.1, 0.15) is 26.3 Å². The summed E-state index contributed by atoms with van der Waals surface area (Å²) in [5.74, 6) is -1.61. The van der Waals surface area contributed by atoms with Gasteiger partial charge in [0.25, 0.3) is 0 Å². The predicted molar refractivity (Wildman–Crippen MR) is 122 cm³/mol. The van der Waals surface area contributed by atoms with Gasteiger partial charge in [0.1, 0.15) is 5.75 Å². The molecule has 1 amide bonds. The number of nitrogens with zero attached hydrogens (tertiary/aromatic N) is 1. The predicted octanol–water partition coefficient (Wildman–Crippen LogP) is 4.57. The Morgan fingerprint density at radius 3 is 1.97 bits per heavy atom. The largest absolute Gasteiger partial charge is 0.497 e. The number of hydrogen-bond donors (Lipinski definition) is 0. The number of para-hydroxylation sites is 1. The average molecular weight is 446 g/mol. The van der Waals surface area contributed by atoms with Gasteiger partial charge in [-0.3, -0.25) is 14.4 Å². The number of methoxy groups -OCH3 is 1. The van der Waals surface area contributed by atoms with E-state index in [1.807, 2.05) is 24.3 Å². The van der Waals surface area contributed by atoms with Gasteiger partial charge in [0.15, 0.2) is 11.6 Å². The van der Waals surface area contributed by atoms with E-state index < -0.39 is 17.3 Å². The van der Waals surface area contributed by atoms with Crippen molar-refractivity contribution in [2.45, 2.75) is 5.41 Å². The van der Waals surface area contributed by atoms with Gasteiger partial charge in [-0.25, -0.2) is 0 Å². The summed E-state index contributed by atoms with van der Waals surface area (Å²) in [5, 5.41) is 0.514. The molecule has 1 aliphatic carbocycles. The molecule has 3 aromatic rings. The third-order valence-corrected chi connectivity index (χ3v) is 6.90. The highest BCUT2D eigenvalue weighted by Crippen LogP contribution is 2.67. The fourth-order valence-corrected chi connectivity index (χ4v) is 5.18. The molecule has 1 aliphatic heterocycles. The maximum atomic E-state index is 13.6. The number of Topliss-reactive ketones (excluding diaryl/α,β-unsaturated/α-hetero) is 2. The summed E-state index contributed by atoms with van der Waals surface area (Å²) in [4.78, 5) is 42.4. The lowest BCUT2D eigenvalue weighted by Crippen LogP contribution is -2.32. The molecule has 1 spiro atoms. The van der Waals surface area contributed by atoms with Crippen LogP contribution in [0.15, 0.2) is 72.8 Å². The molecule has 5 rings (SSSR count). The van der Waals surface area contributed by atoms with Gasteiger partial charge in [-0.05, 0) is 60.2 Å². The molecule has 0 bridgehead atoms. The first-order valence-corrected chi connectivity index (χ1v) is 10.6. The van der Waals surface area contributed by atoms with Crippen LogP contribution < -0.4 is 9.64 Å². The van der Waals surface area contributed by atoms with Crippen molar-refractivity contribution < 1.29 is 19.1 Å². The van der Waals surface area contributed by atoms with Gasteiger partial charge in [-0.1, -0.05) is 29.8 Å². The minimum atomic E-state index is -1.20. The molecule has 160 valence electrons. The van der Waals surface area contributed by atoms with E-state index in [0.717, 1.165) is 11.3 Å². The third kappa shape index (κ3) is 2.74. The number of rotatable bonds is 5. The minimum Gasteiger partial charge on any atom is -0.497 e. The quantitative estimate of drug-likeness (QED) is 0.539. The summed E-state index contributed by atoms with van der Waals surface area (Å²) < 4.78 is 5.19. The van der Waals surface area contributed by atoms with E-state index in [0.29, 0.717) is 21.9 Å². The molecule has 2 aliphatic rings. The van der Waals surface area contributed by atoms with Crippen LogP contribution in [0.5, 0.6) is 5.75 Å². The number of hydrogen-bond acceptors (Lipinski definition) is 4. The van der Waals surface area contributed by atoms with Crippen molar-refractivity contribution in [1.82, 2.24) is 0 Å². The summed E-state index contributed by atoms with van der Waals surface area (Å²) in [7, 11) is 3.24. The standard InChI is InChI=1S/C26H20ClNO4/c1-28-20-6-4-3-5-19(20)26(25(28)31)21(23(29)15-7-11-17(27)12-8-15)22(26)24(30)16-9-13-18(32-2)14-10-16/h3-14,21-22H,1-2H3/t21-,22-,26+/m1/s1. The summed E-state index contributed by atoms with van der Waals surface area (Å²) in [6.07, 6.45) is 0. The Balaban J connectivity index is 1.63. The van der Waals surface area contributed by atoms with Crippen molar-refractivity contribution in [2.75, 3.05) is 19.1 Å². The Morgan fingerprint density at radius 1 is 0.875 bits per heavy atom. The van der Waals surface area contributed by atoms with E-state index in [-0.39, 0.29) is 17.5 Å². The monoisotopic (exact) mass is 445 g/mol. The summed E-state index contributed by atoms with van der Waals surface area (Å²) in [5.41, 5.74) is 1.15. The topological polar surface area (TPSA) is 63.7 Å². The number of ketones is 2. The number of likely N-dealkylation sites (N-methyl/N-ethyl adjacent to an activating group) is 1. The van der Waals surface area contributed by atoms with Crippen molar-refractivity contribution >= 4 is 34.8 Å². The van der Waals surface area contributed by atoms with E-state index in [1.165, 1.54) is 0 Å². The van der Waals surface area contributed by atoms with Crippen molar-refractivity contribution in [2.24, 2.45) is 11.8 Å². The molecule has 1 saturated carbocycles. The highest BCUT2D eigenvalue weighted by Gasteiger charge is 2.78. The molecule has 3 atom stereocenters. The number of fused-ring (bicyclic) bond motifs is 2. The minimum absolute atomic E-state index is 0.224. The van der Waals surface area contributed by atoms with E-state index in [1.54, 1.807) is 67.6 Å². The van der Waals surface area contributed by atoms with Crippen LogP contribution in [0, 0.1) is 11.8 Å². The molecule has 0 saturated heterocycles. The fraction of sp³-hybridized carbons (Fsp3) is 0.192. The zero-order valence-electron chi connectivity index (χ0n) is 17.5. The summed E-state index contributed by atoms with van der Waals surface area (Å²) in [6, 6.07) is 20.7. The number of halogens is 1. The Kier molecular flexibility index (Phi) is 4.68. The van der Waals surface area contributed by atoms with Gasteiger partial charge in [0.05, 0.1) is 24.4 Å². The zero-order valence-corrected chi connectivity index (χ0v) is 18.3. The van der Waals surface area contributed by atoms with Gasteiger partial charge in [0, 0.05) is 28.9 Å². The molecule has 3 aromatic carbocycles. The zero-order chi connectivity index (χ0) is 22.6. The summed E-state index contributed by atoms with van der Waals surface area (Å²) >= 11 is 5.99. The lowest BCUT2D eigenvalue weighted by Gasteiger charge is -2.11. The van der Waals surface area contributed by atoms with E-state index in [4.69, 9.17) is 16.3 Å². The lowest BCUT2D eigenvalue weighted by molar-refractivity contribution is -0.120. The molecule has 0 unspecified atom stereocenters. The SMILES string of the molecule is COc1ccc(C(=O)[C@H]2[C@H](C(=O)c3ccc(Cl)cc3)[C@]23C(=O)N(C)c2ccccc23)cc1. The molecule has 1 fully saturated rings.